The highest BCUT2D eigenvalue weighted by molar-refractivity contribution is 6.76. The molecule has 2 aromatic carbocycles. The van der Waals surface area contributed by atoms with Gasteiger partial charge in [0.15, 0.2) is 5.66 Å². The summed E-state index contributed by atoms with van der Waals surface area (Å²) in [6, 6.07) is 15.5. The summed E-state index contributed by atoms with van der Waals surface area (Å²) in [5, 5.41) is 48.3. The number of phenols is 1. The molecule has 6 N–H and O–H groups in total. The van der Waals surface area contributed by atoms with E-state index in [1.165, 1.54) is 19.1 Å². The van der Waals surface area contributed by atoms with Crippen molar-refractivity contribution < 1.29 is 44.3 Å². The molecule has 4 atom stereocenters. The van der Waals surface area contributed by atoms with Crippen molar-refractivity contribution in [3.05, 3.63) is 65.7 Å². The van der Waals surface area contributed by atoms with E-state index in [2.05, 4.69) is 30.3 Å². The van der Waals surface area contributed by atoms with Gasteiger partial charge in [-0.2, -0.15) is 0 Å². The molecule has 2 aromatic rings. The minimum atomic E-state index is -2.12. The molecule has 0 radical (unpaired) electrons. The van der Waals surface area contributed by atoms with Gasteiger partial charge in [-0.1, -0.05) is 62.1 Å². The van der Waals surface area contributed by atoms with Crippen molar-refractivity contribution in [1.29, 1.82) is 0 Å². The van der Waals surface area contributed by atoms with Crippen molar-refractivity contribution in [1.82, 2.24) is 15.5 Å². The summed E-state index contributed by atoms with van der Waals surface area (Å²) in [4.78, 5) is 40.2. The van der Waals surface area contributed by atoms with Crippen LogP contribution in [-0.2, 0) is 22.3 Å². The Morgan fingerprint density at radius 2 is 1.53 bits per heavy atom. The van der Waals surface area contributed by atoms with E-state index in [4.69, 9.17) is 9.47 Å². The van der Waals surface area contributed by atoms with Crippen LogP contribution in [0.5, 0.6) is 5.75 Å². The summed E-state index contributed by atoms with van der Waals surface area (Å²) in [5.74, 6) is 0.0613. The van der Waals surface area contributed by atoms with E-state index in [9.17, 15) is 34.8 Å². The average Bonchev–Trinajstić information content (AvgIpc) is 2.90. The fourth-order valence-electron chi connectivity index (χ4n) is 4.65. The first-order chi connectivity index (χ1) is 20.8. The van der Waals surface area contributed by atoms with Gasteiger partial charge in [-0.25, -0.2) is 14.4 Å². The summed E-state index contributed by atoms with van der Waals surface area (Å²) in [7, 11) is -1.58. The molecule has 0 aliphatic heterocycles. The maximum atomic E-state index is 13.3. The third-order valence-electron chi connectivity index (χ3n) is 7.02. The number of nitrogens with zero attached hydrogens (tertiary/aromatic N) is 1. The number of ether oxygens (including phenoxy) is 2. The minimum Gasteiger partial charge on any atom is -0.508 e. The molecule has 13 heteroatoms. The maximum absolute atomic E-state index is 13.3. The lowest BCUT2D eigenvalue weighted by molar-refractivity contribution is -0.0862. The Morgan fingerprint density at radius 1 is 0.933 bits per heavy atom. The molecule has 0 spiro atoms. The van der Waals surface area contributed by atoms with Gasteiger partial charge in [-0.3, -0.25) is 15.5 Å². The van der Waals surface area contributed by atoms with E-state index in [1.54, 1.807) is 63.2 Å². The zero-order chi connectivity index (χ0) is 34.0. The fraction of sp³-hybridized carbons (Fsp3) is 0.531. The lowest BCUT2D eigenvalue weighted by atomic mass is 9.91. The van der Waals surface area contributed by atoms with E-state index in [0.29, 0.717) is 16.5 Å². The number of aryl methyl sites for hydroxylation is 1. The number of phenolic OH excluding ortho intramolecular Hbond substituents is 1. The zero-order valence-electron chi connectivity index (χ0n) is 27.2. The molecule has 0 aliphatic rings. The van der Waals surface area contributed by atoms with Crippen molar-refractivity contribution in [2.45, 2.75) is 102 Å². The van der Waals surface area contributed by atoms with Gasteiger partial charge in [0.25, 0.3) is 0 Å². The van der Waals surface area contributed by atoms with Gasteiger partial charge >= 0.3 is 18.3 Å². The Bertz CT molecular complexity index is 1250. The smallest absolute Gasteiger partial charge is 0.411 e. The molecule has 0 bridgehead atoms. The van der Waals surface area contributed by atoms with Gasteiger partial charge in [0.1, 0.15) is 17.5 Å². The average molecular weight is 648 g/mol. The highest BCUT2D eigenvalue weighted by atomic mass is 28.3. The number of benzene rings is 2. The van der Waals surface area contributed by atoms with Crippen LogP contribution in [0.4, 0.5) is 14.4 Å². The molecule has 4 unspecified atom stereocenters. The molecule has 0 heterocycles. The first-order valence-corrected chi connectivity index (χ1v) is 18.7. The number of alkyl carbamates (subject to hydrolysis) is 2. The summed E-state index contributed by atoms with van der Waals surface area (Å²) in [6.07, 6.45) is -8.46. The van der Waals surface area contributed by atoms with E-state index < -0.39 is 56.0 Å². The first kappa shape index (κ1) is 37.4. The summed E-state index contributed by atoms with van der Waals surface area (Å²) < 4.78 is 10.9. The molecule has 0 aromatic heterocycles. The Kier molecular flexibility index (Phi) is 13.3. The number of aliphatic hydroxyl groups excluding tert-OH is 2. The van der Waals surface area contributed by atoms with Crippen LogP contribution in [0.25, 0.3) is 0 Å². The van der Waals surface area contributed by atoms with E-state index in [-0.39, 0.29) is 31.6 Å². The zero-order valence-corrected chi connectivity index (χ0v) is 28.2. The van der Waals surface area contributed by atoms with Crippen LogP contribution in [-0.4, -0.2) is 87.9 Å². The Hall–Kier alpha value is -3.81. The van der Waals surface area contributed by atoms with E-state index in [0.717, 1.165) is 5.56 Å². The monoisotopic (exact) mass is 647 g/mol. The second-order valence-electron chi connectivity index (χ2n) is 13.4. The summed E-state index contributed by atoms with van der Waals surface area (Å²) >= 11 is 0. The van der Waals surface area contributed by atoms with Crippen LogP contribution >= 0.6 is 0 Å². The number of carboxylic acid groups (broad SMARTS) is 1. The molecule has 0 saturated heterocycles. The van der Waals surface area contributed by atoms with Crippen LogP contribution in [0.1, 0.15) is 45.2 Å². The van der Waals surface area contributed by atoms with E-state index in [1.807, 2.05) is 0 Å². The SMILES string of the molecule is CC(O)C(Cc1ccccc1)(NC(=O)OCC[Si](C)(C)C)N(C(=O)O)C(NC(=O)OC(C)(C)C)C(O)CCc1ccc(O)cc1. The first-order valence-electron chi connectivity index (χ1n) is 15.0. The predicted molar refractivity (Wildman–Crippen MR) is 173 cm³/mol. The van der Waals surface area contributed by atoms with Crippen molar-refractivity contribution >= 4 is 26.4 Å². The molecule has 0 aliphatic carbocycles. The Balaban J connectivity index is 2.61. The maximum Gasteiger partial charge on any atom is 0.411 e. The van der Waals surface area contributed by atoms with Gasteiger partial charge in [0.05, 0.1) is 18.8 Å². The van der Waals surface area contributed by atoms with Crippen molar-refractivity contribution in [2.75, 3.05) is 6.61 Å². The highest BCUT2D eigenvalue weighted by Gasteiger charge is 2.51. The second kappa shape index (κ2) is 16.0. The van der Waals surface area contributed by atoms with Crippen LogP contribution in [0.2, 0.25) is 25.7 Å². The number of rotatable bonds is 14. The van der Waals surface area contributed by atoms with Gasteiger partial charge in [0.2, 0.25) is 0 Å². The number of hydrogen-bond donors (Lipinski definition) is 6. The molecular formula is C32H49N3O9Si. The van der Waals surface area contributed by atoms with Crippen LogP contribution in [0, 0.1) is 0 Å². The highest BCUT2D eigenvalue weighted by Crippen LogP contribution is 2.28. The van der Waals surface area contributed by atoms with Crippen molar-refractivity contribution in [2.24, 2.45) is 0 Å². The molecule has 0 fully saturated rings. The number of carbonyl (C=O) groups excluding carboxylic acids is 2. The number of nitrogens with one attached hydrogen (secondary N) is 2. The molecule has 45 heavy (non-hydrogen) atoms. The Morgan fingerprint density at radius 3 is 2.04 bits per heavy atom. The molecule has 12 nitrogen and oxygen atoms in total. The summed E-state index contributed by atoms with van der Waals surface area (Å²) in [6.45, 7) is 12.6. The third kappa shape index (κ3) is 12.2. The van der Waals surface area contributed by atoms with E-state index >= 15 is 0 Å². The predicted octanol–water partition coefficient (Wildman–Crippen LogP) is 4.90. The summed E-state index contributed by atoms with van der Waals surface area (Å²) in [5.41, 5.74) is -1.78. The van der Waals surface area contributed by atoms with Gasteiger partial charge in [-0.05, 0) is 69.8 Å². The number of aromatic hydroxyl groups is 1. The Labute approximate surface area is 266 Å². The second-order valence-corrected chi connectivity index (χ2v) is 19.0. The van der Waals surface area contributed by atoms with Crippen LogP contribution < -0.4 is 10.6 Å². The standard InChI is InChI=1S/C32H49N3O9Si/c1-22(36)32(21-24-11-9-8-10-12-24,34-29(40)43-19-20-45(5,6)7)35(30(41)42)27(33-28(39)44-31(2,3)4)26(38)18-15-23-13-16-25(37)17-14-23/h8-14,16-17,22,26-27,36-38H,15,18-21H2,1-7H3,(H,33,39)(H,34,40)(H,41,42). The topological polar surface area (TPSA) is 178 Å². The molecule has 250 valence electrons. The third-order valence-corrected chi connectivity index (χ3v) is 8.72. The number of carbonyl (C=O) groups is 3. The van der Waals surface area contributed by atoms with Crippen molar-refractivity contribution in [3.63, 3.8) is 0 Å². The van der Waals surface area contributed by atoms with Gasteiger partial charge in [0, 0.05) is 14.5 Å². The van der Waals surface area contributed by atoms with Crippen LogP contribution in [0.3, 0.4) is 0 Å². The molecule has 3 amide bonds. The van der Waals surface area contributed by atoms with Gasteiger partial charge < -0.3 is 29.9 Å². The minimum absolute atomic E-state index is 0.0447. The molecule has 0 saturated carbocycles. The number of amides is 3. The molecule has 2 rings (SSSR count). The largest absolute Gasteiger partial charge is 0.508 e. The quantitative estimate of drug-likeness (QED) is 0.123. The number of hydrogen-bond acceptors (Lipinski definition) is 8. The number of aliphatic hydroxyl groups is 2. The normalized spacial score (nSPS) is 15.1. The lowest BCUT2D eigenvalue weighted by Gasteiger charge is -2.49. The van der Waals surface area contributed by atoms with Crippen LogP contribution in [0.15, 0.2) is 54.6 Å². The fourth-order valence-corrected chi connectivity index (χ4v) is 5.36. The lowest BCUT2D eigenvalue weighted by Crippen LogP contribution is -2.75. The van der Waals surface area contributed by atoms with Gasteiger partial charge in [-0.15, -0.1) is 0 Å². The van der Waals surface area contributed by atoms with Crippen molar-refractivity contribution in [3.8, 4) is 5.75 Å². The molecular weight excluding hydrogens is 598 g/mol.